The van der Waals surface area contributed by atoms with Gasteiger partial charge in [0.2, 0.25) is 0 Å². The summed E-state index contributed by atoms with van der Waals surface area (Å²) in [6.45, 7) is 9.39. The SMILES string of the molecule is CCCCn1c(SCc2cc(=O)oc3cc(C)c(C)cc23)nnc1C(CC)N(C)C. The van der Waals surface area contributed by atoms with Gasteiger partial charge in [-0.05, 0) is 69.6 Å². The topological polar surface area (TPSA) is 64.2 Å². The minimum atomic E-state index is -0.312. The summed E-state index contributed by atoms with van der Waals surface area (Å²) in [5.41, 5.74) is 3.61. The lowest BCUT2D eigenvalue weighted by Crippen LogP contribution is -2.23. The summed E-state index contributed by atoms with van der Waals surface area (Å²) in [5.74, 6) is 1.66. The molecule has 30 heavy (non-hydrogen) atoms. The molecule has 1 aromatic carbocycles. The van der Waals surface area contributed by atoms with Crippen LogP contribution in [0.1, 0.15) is 61.7 Å². The minimum Gasteiger partial charge on any atom is -0.423 e. The van der Waals surface area contributed by atoms with Crippen LogP contribution in [0.25, 0.3) is 11.0 Å². The molecule has 0 radical (unpaired) electrons. The van der Waals surface area contributed by atoms with Crippen molar-refractivity contribution < 1.29 is 4.42 Å². The fourth-order valence-electron chi connectivity index (χ4n) is 3.70. The van der Waals surface area contributed by atoms with Crippen LogP contribution in [0.4, 0.5) is 0 Å². The van der Waals surface area contributed by atoms with Gasteiger partial charge in [0.25, 0.3) is 0 Å². The van der Waals surface area contributed by atoms with E-state index in [0.29, 0.717) is 11.3 Å². The molecule has 3 rings (SSSR count). The first-order valence-corrected chi connectivity index (χ1v) is 11.6. The highest BCUT2D eigenvalue weighted by Crippen LogP contribution is 2.30. The standard InChI is InChI=1S/C23H32N4O2S/c1-7-9-10-27-22(19(8-2)26(5)6)24-25-23(27)30-14-17-13-21(28)29-20-12-16(4)15(3)11-18(17)20/h11-13,19H,7-10,14H2,1-6H3. The third-order valence-electron chi connectivity index (χ3n) is 5.59. The third-order valence-corrected chi connectivity index (χ3v) is 6.61. The predicted molar refractivity (Wildman–Crippen MR) is 123 cm³/mol. The van der Waals surface area contributed by atoms with Crippen LogP contribution in [0, 0.1) is 13.8 Å². The summed E-state index contributed by atoms with van der Waals surface area (Å²) in [7, 11) is 4.17. The van der Waals surface area contributed by atoms with Crippen LogP contribution in [0.15, 0.2) is 32.6 Å². The van der Waals surface area contributed by atoms with Crippen molar-refractivity contribution in [2.24, 2.45) is 0 Å². The van der Waals surface area contributed by atoms with Gasteiger partial charge in [0.15, 0.2) is 11.0 Å². The summed E-state index contributed by atoms with van der Waals surface area (Å²) in [6.07, 6.45) is 3.17. The van der Waals surface area contributed by atoms with Crippen molar-refractivity contribution in [3.63, 3.8) is 0 Å². The highest BCUT2D eigenvalue weighted by atomic mass is 32.2. The highest BCUT2D eigenvalue weighted by molar-refractivity contribution is 7.98. The van der Waals surface area contributed by atoms with Gasteiger partial charge >= 0.3 is 5.63 Å². The van der Waals surface area contributed by atoms with Crippen molar-refractivity contribution in [2.45, 2.75) is 70.5 Å². The molecule has 0 spiro atoms. The Kier molecular flexibility index (Phi) is 7.36. The molecule has 0 fully saturated rings. The zero-order valence-electron chi connectivity index (χ0n) is 18.9. The molecule has 0 N–H and O–H groups in total. The monoisotopic (exact) mass is 428 g/mol. The predicted octanol–water partition coefficient (Wildman–Crippen LogP) is 5.11. The highest BCUT2D eigenvalue weighted by Gasteiger charge is 2.22. The molecular formula is C23H32N4O2S. The molecule has 0 saturated carbocycles. The van der Waals surface area contributed by atoms with E-state index in [1.54, 1.807) is 17.8 Å². The molecule has 0 aliphatic rings. The molecular weight excluding hydrogens is 396 g/mol. The van der Waals surface area contributed by atoms with Crippen molar-refractivity contribution in [1.29, 1.82) is 0 Å². The number of hydrogen-bond donors (Lipinski definition) is 0. The van der Waals surface area contributed by atoms with Gasteiger partial charge in [0, 0.05) is 23.8 Å². The zero-order valence-corrected chi connectivity index (χ0v) is 19.7. The lowest BCUT2D eigenvalue weighted by molar-refractivity contribution is 0.270. The van der Waals surface area contributed by atoms with Crippen LogP contribution >= 0.6 is 11.8 Å². The Morgan fingerprint density at radius 1 is 1.13 bits per heavy atom. The number of aryl methyl sites for hydroxylation is 2. The second kappa shape index (κ2) is 9.79. The third kappa shape index (κ3) is 4.78. The summed E-state index contributed by atoms with van der Waals surface area (Å²) < 4.78 is 7.70. The van der Waals surface area contributed by atoms with Crippen LogP contribution in [0.5, 0.6) is 0 Å². The fourth-order valence-corrected chi connectivity index (χ4v) is 4.67. The minimum absolute atomic E-state index is 0.235. The Morgan fingerprint density at radius 2 is 1.87 bits per heavy atom. The van der Waals surface area contributed by atoms with Gasteiger partial charge < -0.3 is 8.98 Å². The Hall–Kier alpha value is -2.12. The number of rotatable bonds is 9. The molecule has 0 aliphatic carbocycles. The summed E-state index contributed by atoms with van der Waals surface area (Å²) >= 11 is 1.63. The molecule has 1 atom stereocenters. The second-order valence-corrected chi connectivity index (χ2v) is 8.99. The largest absolute Gasteiger partial charge is 0.423 e. The van der Waals surface area contributed by atoms with Gasteiger partial charge in [0.1, 0.15) is 5.58 Å². The summed E-state index contributed by atoms with van der Waals surface area (Å²) in [5, 5.41) is 11.0. The van der Waals surface area contributed by atoms with E-state index in [1.807, 2.05) is 13.0 Å². The zero-order chi connectivity index (χ0) is 21.8. The van der Waals surface area contributed by atoms with Crippen LogP contribution < -0.4 is 5.63 Å². The second-order valence-electron chi connectivity index (χ2n) is 8.05. The summed E-state index contributed by atoms with van der Waals surface area (Å²) in [4.78, 5) is 14.3. The summed E-state index contributed by atoms with van der Waals surface area (Å²) in [6, 6.07) is 5.90. The van der Waals surface area contributed by atoms with Crippen LogP contribution in [-0.4, -0.2) is 33.8 Å². The van der Waals surface area contributed by atoms with Crippen LogP contribution in [0.3, 0.4) is 0 Å². The smallest absolute Gasteiger partial charge is 0.336 e. The van der Waals surface area contributed by atoms with Crippen molar-refractivity contribution in [2.75, 3.05) is 14.1 Å². The van der Waals surface area contributed by atoms with Gasteiger partial charge in [0.05, 0.1) is 6.04 Å². The maximum Gasteiger partial charge on any atom is 0.336 e. The Labute approximate surface area is 182 Å². The number of unbranched alkanes of at least 4 members (excludes halogenated alkanes) is 1. The molecule has 0 aliphatic heterocycles. The van der Waals surface area contributed by atoms with Crippen molar-refractivity contribution in [1.82, 2.24) is 19.7 Å². The Morgan fingerprint density at radius 3 is 2.53 bits per heavy atom. The first-order chi connectivity index (χ1) is 14.3. The first-order valence-electron chi connectivity index (χ1n) is 10.6. The molecule has 162 valence electrons. The average Bonchev–Trinajstić information content (AvgIpc) is 3.08. The number of aromatic nitrogens is 3. The van der Waals surface area contributed by atoms with Gasteiger partial charge in [-0.25, -0.2) is 4.79 Å². The van der Waals surface area contributed by atoms with E-state index in [0.717, 1.165) is 53.3 Å². The molecule has 1 unspecified atom stereocenters. The molecule has 0 bridgehead atoms. The quantitative estimate of drug-likeness (QED) is 0.349. The van der Waals surface area contributed by atoms with Gasteiger partial charge in [-0.15, -0.1) is 10.2 Å². The Bertz CT molecular complexity index is 1070. The molecule has 3 aromatic rings. The van der Waals surface area contributed by atoms with E-state index in [-0.39, 0.29) is 11.7 Å². The van der Waals surface area contributed by atoms with Crippen molar-refractivity contribution in [3.8, 4) is 0 Å². The van der Waals surface area contributed by atoms with Gasteiger partial charge in [-0.3, -0.25) is 4.90 Å². The lowest BCUT2D eigenvalue weighted by atomic mass is 10.0. The first kappa shape index (κ1) is 22.6. The van der Waals surface area contributed by atoms with E-state index < -0.39 is 0 Å². The number of fused-ring (bicyclic) bond motifs is 1. The molecule has 6 nitrogen and oxygen atoms in total. The van der Waals surface area contributed by atoms with Crippen molar-refractivity contribution in [3.05, 3.63) is 51.1 Å². The van der Waals surface area contributed by atoms with Crippen LogP contribution in [0.2, 0.25) is 0 Å². The molecule has 7 heteroatoms. The van der Waals surface area contributed by atoms with E-state index in [1.165, 1.54) is 5.56 Å². The maximum atomic E-state index is 12.1. The van der Waals surface area contributed by atoms with Crippen molar-refractivity contribution >= 4 is 22.7 Å². The van der Waals surface area contributed by atoms with E-state index >= 15 is 0 Å². The van der Waals surface area contributed by atoms with E-state index in [4.69, 9.17) is 4.42 Å². The number of hydrogen-bond acceptors (Lipinski definition) is 6. The fraction of sp³-hybridized carbons (Fsp3) is 0.522. The van der Waals surface area contributed by atoms with Crippen LogP contribution in [-0.2, 0) is 12.3 Å². The van der Waals surface area contributed by atoms with Gasteiger partial charge in [-0.2, -0.15) is 0 Å². The number of benzene rings is 1. The molecule has 2 aromatic heterocycles. The van der Waals surface area contributed by atoms with E-state index in [9.17, 15) is 4.79 Å². The average molecular weight is 429 g/mol. The molecule has 0 saturated heterocycles. The molecule has 2 heterocycles. The number of nitrogens with zero attached hydrogens (tertiary/aromatic N) is 4. The number of thioether (sulfide) groups is 1. The molecule has 0 amide bonds. The van der Waals surface area contributed by atoms with E-state index in [2.05, 4.69) is 60.6 Å². The normalized spacial score (nSPS) is 12.8. The Balaban J connectivity index is 1.95. The lowest BCUT2D eigenvalue weighted by Gasteiger charge is -2.23. The van der Waals surface area contributed by atoms with Gasteiger partial charge in [-0.1, -0.05) is 32.0 Å². The maximum absolute atomic E-state index is 12.1.